The van der Waals surface area contributed by atoms with Gasteiger partial charge in [0.05, 0.1) is 22.9 Å². The van der Waals surface area contributed by atoms with Gasteiger partial charge in [0.15, 0.2) is 9.84 Å². The smallest absolute Gasteiger partial charge is 0.251 e. The van der Waals surface area contributed by atoms with Gasteiger partial charge >= 0.3 is 0 Å². The second-order valence-corrected chi connectivity index (χ2v) is 10.5. The molecule has 1 aromatic carbocycles. The summed E-state index contributed by atoms with van der Waals surface area (Å²) in [4.78, 5) is 23.7. The lowest BCUT2D eigenvalue weighted by Crippen LogP contribution is -2.49. The Morgan fingerprint density at radius 3 is 2.73 bits per heavy atom. The van der Waals surface area contributed by atoms with Gasteiger partial charge in [-0.2, -0.15) is 4.31 Å². The molecular weight excluding hydrogens is 382 g/mol. The highest BCUT2D eigenvalue weighted by Gasteiger charge is 2.31. The molecule has 0 unspecified atom stereocenters. The maximum Gasteiger partial charge on any atom is 0.251 e. The molecule has 3 rings (SSSR count). The van der Waals surface area contributed by atoms with Crippen molar-refractivity contribution in [1.82, 2.24) is 14.9 Å². The van der Waals surface area contributed by atoms with Gasteiger partial charge in [-0.3, -0.25) is 9.59 Å². The number of sulfone groups is 1. The van der Waals surface area contributed by atoms with Crippen LogP contribution in [0.15, 0.2) is 29.2 Å². The first-order chi connectivity index (χ1) is 12.2. The molecule has 142 valence electrons. The largest absolute Gasteiger partial charge is 0.354 e. The van der Waals surface area contributed by atoms with Crippen molar-refractivity contribution in [3.63, 3.8) is 0 Å². The number of hydrogen-bond acceptors (Lipinski definition) is 6. The first kappa shape index (κ1) is 18.8. The van der Waals surface area contributed by atoms with Crippen molar-refractivity contribution in [2.45, 2.75) is 17.4 Å². The van der Waals surface area contributed by atoms with Crippen molar-refractivity contribution in [2.24, 2.45) is 0 Å². The molecule has 1 atom stereocenters. The van der Waals surface area contributed by atoms with Crippen LogP contribution in [-0.4, -0.2) is 70.1 Å². The maximum atomic E-state index is 12.7. The van der Waals surface area contributed by atoms with E-state index in [0.29, 0.717) is 6.42 Å². The van der Waals surface area contributed by atoms with Gasteiger partial charge in [0.25, 0.3) is 5.91 Å². The van der Waals surface area contributed by atoms with Crippen LogP contribution < -0.4 is 10.6 Å². The number of hydrogen-bond donors (Lipinski definition) is 2. The van der Waals surface area contributed by atoms with Crippen LogP contribution in [0, 0.1) is 0 Å². The molecule has 2 N–H and O–H groups in total. The summed E-state index contributed by atoms with van der Waals surface area (Å²) < 4.78 is 49.4. The third-order valence-electron chi connectivity index (χ3n) is 4.30. The lowest BCUT2D eigenvalue weighted by molar-refractivity contribution is -0.122. The normalized spacial score (nSPS) is 23.4. The predicted molar refractivity (Wildman–Crippen MR) is 92.7 cm³/mol. The average molecular weight is 401 g/mol. The Morgan fingerprint density at radius 2 is 2.08 bits per heavy atom. The van der Waals surface area contributed by atoms with E-state index in [1.54, 1.807) is 0 Å². The quantitative estimate of drug-likeness (QED) is 0.647. The Bertz CT molecular complexity index is 942. The molecule has 2 amide bonds. The summed E-state index contributed by atoms with van der Waals surface area (Å²) in [5.74, 6) is -0.986. The fraction of sp³-hybridized carbons (Fsp3) is 0.467. The van der Waals surface area contributed by atoms with E-state index in [0.717, 1.165) is 4.31 Å². The summed E-state index contributed by atoms with van der Waals surface area (Å²) in [7, 11) is -7.03. The summed E-state index contributed by atoms with van der Waals surface area (Å²) in [6.07, 6.45) is 0.342. The van der Waals surface area contributed by atoms with Gasteiger partial charge in [-0.1, -0.05) is 6.07 Å². The Kier molecular flexibility index (Phi) is 5.04. The standard InChI is InChI=1S/C15H19N3O6S2/c19-14-9-18(6-5-16-14)26(23,24)13-3-1-2-11(8-13)15(20)17-12-4-7-25(21,22)10-12/h1-3,8,12H,4-7,9-10H2,(H,16,19)(H,17,20)/t12-/m1/s1. The molecule has 11 heteroatoms. The lowest BCUT2D eigenvalue weighted by Gasteiger charge is -2.26. The first-order valence-electron chi connectivity index (χ1n) is 8.06. The summed E-state index contributed by atoms with van der Waals surface area (Å²) in [5.41, 5.74) is 0.122. The van der Waals surface area contributed by atoms with Crippen molar-refractivity contribution in [2.75, 3.05) is 31.1 Å². The van der Waals surface area contributed by atoms with Crippen molar-refractivity contribution in [3.8, 4) is 0 Å². The maximum absolute atomic E-state index is 12.7. The monoisotopic (exact) mass is 401 g/mol. The van der Waals surface area contributed by atoms with Gasteiger partial charge in [-0.15, -0.1) is 0 Å². The van der Waals surface area contributed by atoms with E-state index in [2.05, 4.69) is 10.6 Å². The van der Waals surface area contributed by atoms with E-state index in [9.17, 15) is 26.4 Å². The number of rotatable bonds is 4. The van der Waals surface area contributed by atoms with E-state index >= 15 is 0 Å². The highest BCUT2D eigenvalue weighted by molar-refractivity contribution is 7.91. The van der Waals surface area contributed by atoms with E-state index in [4.69, 9.17) is 0 Å². The minimum Gasteiger partial charge on any atom is -0.354 e. The van der Waals surface area contributed by atoms with E-state index in [-0.39, 0.29) is 47.5 Å². The Morgan fingerprint density at radius 1 is 1.31 bits per heavy atom. The zero-order valence-corrected chi connectivity index (χ0v) is 15.5. The number of carbonyl (C=O) groups excluding carboxylic acids is 2. The van der Waals surface area contributed by atoms with Crippen LogP contribution in [0.1, 0.15) is 16.8 Å². The minimum absolute atomic E-state index is 0.0311. The average Bonchev–Trinajstić information content (AvgIpc) is 2.93. The molecule has 0 radical (unpaired) electrons. The molecule has 9 nitrogen and oxygen atoms in total. The van der Waals surface area contributed by atoms with Gasteiger partial charge < -0.3 is 10.6 Å². The van der Waals surface area contributed by atoms with Crippen molar-refractivity contribution in [1.29, 1.82) is 0 Å². The zero-order valence-electron chi connectivity index (χ0n) is 13.8. The molecule has 26 heavy (non-hydrogen) atoms. The molecule has 2 saturated heterocycles. The van der Waals surface area contributed by atoms with E-state index in [1.165, 1.54) is 24.3 Å². The van der Waals surface area contributed by atoms with E-state index < -0.39 is 31.8 Å². The molecule has 0 aromatic heterocycles. The highest BCUT2D eigenvalue weighted by Crippen LogP contribution is 2.18. The third-order valence-corrected chi connectivity index (χ3v) is 7.91. The summed E-state index contributed by atoms with van der Waals surface area (Å²) in [6, 6.07) is 5.02. The fourth-order valence-corrected chi connectivity index (χ4v) is 6.06. The summed E-state index contributed by atoms with van der Waals surface area (Å²) in [6.45, 7) is 0.123. The van der Waals surface area contributed by atoms with Crippen LogP contribution >= 0.6 is 0 Å². The lowest BCUT2D eigenvalue weighted by atomic mass is 10.2. The highest BCUT2D eigenvalue weighted by atomic mass is 32.2. The molecule has 0 saturated carbocycles. The van der Waals surface area contributed by atoms with Crippen LogP contribution in [0.2, 0.25) is 0 Å². The van der Waals surface area contributed by atoms with Crippen molar-refractivity contribution in [3.05, 3.63) is 29.8 Å². The molecule has 0 bridgehead atoms. The number of piperazine rings is 1. The Balaban J connectivity index is 1.77. The number of sulfonamides is 1. The summed E-state index contributed by atoms with van der Waals surface area (Å²) >= 11 is 0. The molecule has 2 heterocycles. The van der Waals surface area contributed by atoms with Crippen LogP contribution in [0.5, 0.6) is 0 Å². The minimum atomic E-state index is -3.90. The van der Waals surface area contributed by atoms with Crippen LogP contribution in [-0.2, 0) is 24.7 Å². The number of carbonyl (C=O) groups is 2. The molecule has 0 aliphatic carbocycles. The molecular formula is C15H19N3O6S2. The first-order valence-corrected chi connectivity index (χ1v) is 11.3. The van der Waals surface area contributed by atoms with Crippen molar-refractivity contribution < 1.29 is 26.4 Å². The summed E-state index contributed by atoms with van der Waals surface area (Å²) in [5, 5.41) is 5.18. The molecule has 2 aliphatic heterocycles. The van der Waals surface area contributed by atoms with Crippen molar-refractivity contribution >= 4 is 31.7 Å². The van der Waals surface area contributed by atoms with Crippen LogP contribution in [0.3, 0.4) is 0 Å². The third kappa shape index (κ3) is 4.05. The van der Waals surface area contributed by atoms with Crippen LogP contribution in [0.4, 0.5) is 0 Å². The van der Waals surface area contributed by atoms with Gasteiger partial charge in [0.1, 0.15) is 0 Å². The number of nitrogens with one attached hydrogen (secondary N) is 2. The Labute approximate surface area is 151 Å². The zero-order chi connectivity index (χ0) is 18.9. The molecule has 2 fully saturated rings. The SMILES string of the molecule is O=C1CN(S(=O)(=O)c2cccc(C(=O)N[C@@H]3CCS(=O)(=O)C3)c2)CCN1. The van der Waals surface area contributed by atoms with Gasteiger partial charge in [-0.05, 0) is 24.6 Å². The fourth-order valence-electron chi connectivity index (χ4n) is 2.94. The topological polar surface area (TPSA) is 130 Å². The number of amides is 2. The molecule has 0 spiro atoms. The number of benzene rings is 1. The van der Waals surface area contributed by atoms with Crippen LogP contribution in [0.25, 0.3) is 0 Å². The van der Waals surface area contributed by atoms with Gasteiger partial charge in [0.2, 0.25) is 15.9 Å². The number of nitrogens with zero attached hydrogens (tertiary/aromatic N) is 1. The second-order valence-electron chi connectivity index (χ2n) is 6.29. The van der Waals surface area contributed by atoms with Gasteiger partial charge in [-0.25, -0.2) is 16.8 Å². The van der Waals surface area contributed by atoms with Gasteiger partial charge in [0, 0.05) is 24.7 Å². The molecule has 1 aromatic rings. The predicted octanol–water partition coefficient (Wildman–Crippen LogP) is -1.28. The second kappa shape index (κ2) is 6.97. The Hall–Kier alpha value is -1.98. The van der Waals surface area contributed by atoms with E-state index in [1.807, 2.05) is 0 Å². The molecule has 2 aliphatic rings.